The molecule has 0 fully saturated rings. The zero-order chi connectivity index (χ0) is 19.9. The highest BCUT2D eigenvalue weighted by atomic mass is 35.5. The minimum Gasteiger partial charge on any atom is -0.248 e. The molecular weight excluding hydrogens is 362 g/mol. The topological polar surface area (TPSA) is 12.9 Å². The van der Waals surface area contributed by atoms with Crippen molar-refractivity contribution in [3.63, 3.8) is 0 Å². The molecule has 0 atom stereocenters. The van der Waals surface area contributed by atoms with E-state index in [2.05, 4.69) is 88.4 Å². The summed E-state index contributed by atoms with van der Waals surface area (Å²) < 4.78 is 0. The molecule has 0 saturated carbocycles. The minimum absolute atomic E-state index is 0.138. The second-order valence-electron chi connectivity index (χ2n) is 8.41. The largest absolute Gasteiger partial charge is 0.248 e. The molecule has 0 unspecified atom stereocenters. The number of pyridine rings is 1. The minimum atomic E-state index is 0.138. The van der Waals surface area contributed by atoms with Crippen molar-refractivity contribution in [2.24, 2.45) is 0 Å². The summed E-state index contributed by atoms with van der Waals surface area (Å²) in [6.07, 6.45) is 0. The van der Waals surface area contributed by atoms with Crippen LogP contribution < -0.4 is 0 Å². The summed E-state index contributed by atoms with van der Waals surface area (Å²) in [5.74, 6) is 0. The first kappa shape index (κ1) is 18.7. The van der Waals surface area contributed by atoms with Gasteiger partial charge in [-0.05, 0) is 47.2 Å². The van der Waals surface area contributed by atoms with E-state index in [9.17, 15) is 0 Å². The summed E-state index contributed by atoms with van der Waals surface area (Å²) in [5, 5.41) is 1.82. The predicted octanol–water partition coefficient (Wildman–Crippen LogP) is 7.83. The van der Waals surface area contributed by atoms with Gasteiger partial charge in [0.1, 0.15) is 0 Å². The van der Waals surface area contributed by atoms with Crippen molar-refractivity contribution in [2.75, 3.05) is 0 Å². The van der Waals surface area contributed by atoms with Gasteiger partial charge in [0.2, 0.25) is 0 Å². The van der Waals surface area contributed by atoms with Crippen molar-refractivity contribution in [3.05, 3.63) is 88.9 Å². The van der Waals surface area contributed by atoms with Crippen LogP contribution in [0.1, 0.15) is 31.9 Å². The van der Waals surface area contributed by atoms with E-state index < -0.39 is 0 Å². The Morgan fingerprint density at radius 2 is 1.39 bits per heavy atom. The van der Waals surface area contributed by atoms with E-state index >= 15 is 0 Å². The van der Waals surface area contributed by atoms with E-state index in [1.54, 1.807) is 0 Å². The van der Waals surface area contributed by atoms with Gasteiger partial charge < -0.3 is 0 Å². The van der Waals surface area contributed by atoms with Crippen LogP contribution in [0, 0.1) is 6.92 Å². The molecule has 0 aliphatic rings. The second kappa shape index (κ2) is 7.07. The number of aryl methyl sites for hydroxylation is 1. The van der Waals surface area contributed by atoms with Gasteiger partial charge in [-0.25, -0.2) is 4.98 Å². The average Bonchev–Trinajstić information content (AvgIpc) is 2.67. The van der Waals surface area contributed by atoms with E-state index in [0.717, 1.165) is 22.2 Å². The number of fused-ring (bicyclic) bond motifs is 1. The SMILES string of the molecule is Cc1ccc(-c2cc(-c3ccc(C(C)(C)C)cc3)c3ccc(Cl)cc3n2)cc1. The summed E-state index contributed by atoms with van der Waals surface area (Å²) in [6.45, 7) is 8.81. The second-order valence-corrected chi connectivity index (χ2v) is 8.85. The number of aromatic nitrogens is 1. The van der Waals surface area contributed by atoms with Gasteiger partial charge >= 0.3 is 0 Å². The first-order valence-electron chi connectivity index (χ1n) is 9.59. The molecule has 0 bridgehead atoms. The van der Waals surface area contributed by atoms with Crippen LogP contribution in [0.25, 0.3) is 33.3 Å². The molecule has 2 heteroatoms. The van der Waals surface area contributed by atoms with Crippen LogP contribution in [0.5, 0.6) is 0 Å². The molecule has 0 N–H and O–H groups in total. The predicted molar refractivity (Wildman–Crippen MR) is 121 cm³/mol. The Labute approximate surface area is 172 Å². The maximum atomic E-state index is 6.27. The number of rotatable bonds is 2. The van der Waals surface area contributed by atoms with Crippen molar-refractivity contribution >= 4 is 22.5 Å². The normalized spacial score (nSPS) is 11.8. The lowest BCUT2D eigenvalue weighted by molar-refractivity contribution is 0.590. The van der Waals surface area contributed by atoms with Gasteiger partial charge in [-0.3, -0.25) is 0 Å². The van der Waals surface area contributed by atoms with Gasteiger partial charge in [0.15, 0.2) is 0 Å². The molecule has 3 aromatic carbocycles. The lowest BCUT2D eigenvalue weighted by Crippen LogP contribution is -2.10. The van der Waals surface area contributed by atoms with Crippen LogP contribution in [-0.4, -0.2) is 4.98 Å². The van der Waals surface area contributed by atoms with Crippen molar-refractivity contribution in [3.8, 4) is 22.4 Å². The van der Waals surface area contributed by atoms with E-state index in [1.807, 2.05) is 12.1 Å². The Morgan fingerprint density at radius 3 is 2.04 bits per heavy atom. The fourth-order valence-corrected chi connectivity index (χ4v) is 3.63. The van der Waals surface area contributed by atoms with Crippen molar-refractivity contribution in [2.45, 2.75) is 33.1 Å². The number of hydrogen-bond donors (Lipinski definition) is 0. The summed E-state index contributed by atoms with van der Waals surface area (Å²) in [7, 11) is 0. The lowest BCUT2D eigenvalue weighted by atomic mass is 9.86. The third kappa shape index (κ3) is 3.68. The van der Waals surface area contributed by atoms with Gasteiger partial charge in [-0.2, -0.15) is 0 Å². The van der Waals surface area contributed by atoms with Crippen LogP contribution in [0.15, 0.2) is 72.8 Å². The summed E-state index contributed by atoms with van der Waals surface area (Å²) in [5.41, 5.74) is 8.07. The van der Waals surface area contributed by atoms with Crippen molar-refractivity contribution in [1.29, 1.82) is 0 Å². The summed E-state index contributed by atoms with van der Waals surface area (Å²) in [6, 6.07) is 25.5. The molecule has 28 heavy (non-hydrogen) atoms. The highest BCUT2D eigenvalue weighted by molar-refractivity contribution is 6.31. The van der Waals surface area contributed by atoms with Gasteiger partial charge in [0.05, 0.1) is 11.2 Å². The Kier molecular flexibility index (Phi) is 4.72. The Hall–Kier alpha value is -2.64. The van der Waals surface area contributed by atoms with E-state index in [-0.39, 0.29) is 5.41 Å². The van der Waals surface area contributed by atoms with Crippen molar-refractivity contribution < 1.29 is 0 Å². The lowest BCUT2D eigenvalue weighted by Gasteiger charge is -2.19. The van der Waals surface area contributed by atoms with Crippen LogP contribution in [0.3, 0.4) is 0 Å². The molecule has 0 spiro atoms. The Balaban J connectivity index is 1.92. The van der Waals surface area contributed by atoms with Crippen LogP contribution >= 0.6 is 11.6 Å². The third-order valence-corrected chi connectivity index (χ3v) is 5.42. The first-order valence-corrected chi connectivity index (χ1v) is 9.97. The summed E-state index contributed by atoms with van der Waals surface area (Å²) >= 11 is 6.27. The quantitative estimate of drug-likeness (QED) is 0.342. The maximum Gasteiger partial charge on any atom is 0.0730 e. The molecular formula is C26H24ClN. The summed E-state index contributed by atoms with van der Waals surface area (Å²) in [4.78, 5) is 4.89. The van der Waals surface area contributed by atoms with Crippen LogP contribution in [0.4, 0.5) is 0 Å². The molecule has 4 aromatic rings. The van der Waals surface area contributed by atoms with Gasteiger partial charge in [-0.15, -0.1) is 0 Å². The molecule has 140 valence electrons. The molecule has 0 aliphatic heterocycles. The molecule has 0 amide bonds. The van der Waals surface area contributed by atoms with E-state index in [0.29, 0.717) is 5.02 Å². The Morgan fingerprint density at radius 1 is 0.750 bits per heavy atom. The van der Waals surface area contributed by atoms with Gasteiger partial charge in [-0.1, -0.05) is 92.5 Å². The van der Waals surface area contributed by atoms with Crippen molar-refractivity contribution in [1.82, 2.24) is 4.98 Å². The molecule has 0 saturated heterocycles. The zero-order valence-corrected chi connectivity index (χ0v) is 17.5. The number of halogens is 1. The first-order chi connectivity index (χ1) is 13.3. The standard InChI is InChI=1S/C26H24ClN/c1-17-5-7-19(8-6-17)24-16-23(22-14-13-21(27)15-25(22)28-24)18-9-11-20(12-10-18)26(2,3)4/h5-16H,1-4H3. The molecule has 1 heterocycles. The van der Waals surface area contributed by atoms with Gasteiger partial charge in [0, 0.05) is 16.0 Å². The maximum absolute atomic E-state index is 6.27. The molecule has 1 nitrogen and oxygen atoms in total. The molecule has 0 aliphatic carbocycles. The Bertz CT molecular complexity index is 1130. The van der Waals surface area contributed by atoms with E-state index in [4.69, 9.17) is 16.6 Å². The number of hydrogen-bond acceptors (Lipinski definition) is 1. The van der Waals surface area contributed by atoms with Gasteiger partial charge in [0.25, 0.3) is 0 Å². The fraction of sp³-hybridized carbons (Fsp3) is 0.192. The average molecular weight is 386 g/mol. The molecule has 0 radical (unpaired) electrons. The fourth-order valence-electron chi connectivity index (χ4n) is 3.46. The third-order valence-electron chi connectivity index (χ3n) is 5.18. The van der Waals surface area contributed by atoms with Crippen LogP contribution in [-0.2, 0) is 5.41 Å². The molecule has 1 aromatic heterocycles. The smallest absolute Gasteiger partial charge is 0.0730 e. The highest BCUT2D eigenvalue weighted by Crippen LogP contribution is 2.34. The monoisotopic (exact) mass is 385 g/mol. The zero-order valence-electron chi connectivity index (χ0n) is 16.8. The van der Waals surface area contributed by atoms with E-state index in [1.165, 1.54) is 22.3 Å². The molecule has 4 rings (SSSR count). The van der Waals surface area contributed by atoms with Crippen LogP contribution in [0.2, 0.25) is 5.02 Å². The number of nitrogens with zero attached hydrogens (tertiary/aromatic N) is 1. The highest BCUT2D eigenvalue weighted by Gasteiger charge is 2.15. The number of benzene rings is 3.